The summed E-state index contributed by atoms with van der Waals surface area (Å²) in [4.78, 5) is 18.7. The Hall–Kier alpha value is -1.75. The number of amides is 1. The molecule has 1 aromatic heterocycles. The summed E-state index contributed by atoms with van der Waals surface area (Å²) in [6.07, 6.45) is 0. The van der Waals surface area contributed by atoms with Crippen LogP contribution in [0.2, 0.25) is 0 Å². The van der Waals surface area contributed by atoms with Crippen LogP contribution in [0.25, 0.3) is 0 Å². The van der Waals surface area contributed by atoms with Crippen molar-refractivity contribution in [3.8, 4) is 0 Å². The summed E-state index contributed by atoms with van der Waals surface area (Å²) in [7, 11) is 1.66. The van der Waals surface area contributed by atoms with E-state index in [1.54, 1.807) is 24.7 Å². The maximum atomic E-state index is 13.5. The highest BCUT2D eigenvalue weighted by Crippen LogP contribution is 2.16. The lowest BCUT2D eigenvalue weighted by molar-refractivity contribution is 0.0781. The van der Waals surface area contributed by atoms with Crippen molar-refractivity contribution in [1.82, 2.24) is 9.88 Å². The number of aryl methyl sites for hydroxylation is 1. The molecule has 0 unspecified atom stereocenters. The molecule has 0 fully saturated rings. The molecule has 0 aliphatic carbocycles. The van der Waals surface area contributed by atoms with Crippen LogP contribution in [0, 0.1) is 12.7 Å². The van der Waals surface area contributed by atoms with Crippen molar-refractivity contribution in [2.24, 2.45) is 0 Å². The minimum absolute atomic E-state index is 0.0992. The third-order valence-corrected chi connectivity index (χ3v) is 3.60. The van der Waals surface area contributed by atoms with E-state index in [0.717, 1.165) is 10.6 Å². The lowest BCUT2D eigenvalue weighted by atomic mass is 10.2. The summed E-state index contributed by atoms with van der Waals surface area (Å²) < 4.78 is 13.5. The van der Waals surface area contributed by atoms with Gasteiger partial charge in [0.1, 0.15) is 5.82 Å². The fraction of sp³-hybridized carbons (Fsp3) is 0.231. The maximum absolute atomic E-state index is 13.5. The Bertz CT molecular complexity index is 568. The normalized spacial score (nSPS) is 10.4. The summed E-state index contributed by atoms with van der Waals surface area (Å²) in [5.41, 5.74) is 2.75. The molecule has 1 amide bonds. The summed E-state index contributed by atoms with van der Waals surface area (Å²) >= 11 is 1.50. The predicted molar refractivity (Wildman–Crippen MR) is 69.0 cm³/mol. The lowest BCUT2D eigenvalue weighted by Crippen LogP contribution is -2.26. The van der Waals surface area contributed by atoms with Gasteiger partial charge in [-0.2, -0.15) is 0 Å². The largest absolute Gasteiger partial charge is 0.336 e. The van der Waals surface area contributed by atoms with Crippen LogP contribution in [0.1, 0.15) is 20.9 Å². The molecule has 2 rings (SSSR count). The van der Waals surface area contributed by atoms with E-state index in [1.165, 1.54) is 28.4 Å². The van der Waals surface area contributed by atoms with Crippen LogP contribution in [0.4, 0.5) is 4.39 Å². The number of hydrogen-bond acceptors (Lipinski definition) is 3. The zero-order valence-corrected chi connectivity index (χ0v) is 11.0. The Morgan fingerprint density at radius 3 is 2.78 bits per heavy atom. The SMILES string of the molecule is Cc1ncsc1CN(C)C(=O)c1ccccc1F. The zero-order valence-electron chi connectivity index (χ0n) is 10.2. The maximum Gasteiger partial charge on any atom is 0.256 e. The quantitative estimate of drug-likeness (QED) is 0.854. The van der Waals surface area contributed by atoms with Gasteiger partial charge in [-0.05, 0) is 19.1 Å². The van der Waals surface area contributed by atoms with Crippen LogP contribution in [-0.4, -0.2) is 22.8 Å². The van der Waals surface area contributed by atoms with Gasteiger partial charge in [0.05, 0.1) is 23.3 Å². The van der Waals surface area contributed by atoms with Crippen molar-refractivity contribution >= 4 is 17.2 Å². The van der Waals surface area contributed by atoms with E-state index in [9.17, 15) is 9.18 Å². The molecular weight excluding hydrogens is 251 g/mol. The average Bonchev–Trinajstić information content (AvgIpc) is 2.75. The third-order valence-electron chi connectivity index (χ3n) is 2.68. The molecule has 5 heteroatoms. The number of rotatable bonds is 3. The number of thiazole rings is 1. The van der Waals surface area contributed by atoms with E-state index < -0.39 is 5.82 Å². The minimum Gasteiger partial charge on any atom is -0.336 e. The first-order valence-corrected chi connectivity index (χ1v) is 6.36. The first-order valence-electron chi connectivity index (χ1n) is 5.48. The van der Waals surface area contributed by atoms with E-state index in [2.05, 4.69) is 4.98 Å². The second kappa shape index (κ2) is 5.27. The van der Waals surface area contributed by atoms with E-state index in [4.69, 9.17) is 0 Å². The lowest BCUT2D eigenvalue weighted by Gasteiger charge is -2.16. The minimum atomic E-state index is -0.490. The topological polar surface area (TPSA) is 33.2 Å². The number of nitrogens with zero attached hydrogens (tertiary/aromatic N) is 2. The van der Waals surface area contributed by atoms with E-state index in [-0.39, 0.29) is 11.5 Å². The van der Waals surface area contributed by atoms with Gasteiger partial charge in [0, 0.05) is 11.9 Å². The van der Waals surface area contributed by atoms with Gasteiger partial charge in [-0.25, -0.2) is 9.37 Å². The highest BCUT2D eigenvalue weighted by Gasteiger charge is 2.16. The molecule has 2 aromatic rings. The molecule has 0 radical (unpaired) electrons. The van der Waals surface area contributed by atoms with Crippen LogP contribution in [0.3, 0.4) is 0 Å². The fourth-order valence-electron chi connectivity index (χ4n) is 1.61. The van der Waals surface area contributed by atoms with Crippen LogP contribution < -0.4 is 0 Å². The number of benzene rings is 1. The summed E-state index contributed by atoms with van der Waals surface area (Å²) in [5, 5.41) is 0. The highest BCUT2D eigenvalue weighted by molar-refractivity contribution is 7.09. The highest BCUT2D eigenvalue weighted by atomic mass is 32.1. The molecule has 1 heterocycles. The van der Waals surface area contributed by atoms with Gasteiger partial charge in [0.15, 0.2) is 0 Å². The number of carbonyl (C=O) groups is 1. The molecular formula is C13H13FN2OS. The zero-order chi connectivity index (χ0) is 13.1. The molecule has 0 aliphatic rings. The van der Waals surface area contributed by atoms with Gasteiger partial charge < -0.3 is 4.90 Å². The molecule has 3 nitrogen and oxygen atoms in total. The van der Waals surface area contributed by atoms with Crippen LogP contribution in [0.15, 0.2) is 29.8 Å². The second-order valence-electron chi connectivity index (χ2n) is 4.00. The average molecular weight is 264 g/mol. The molecule has 0 spiro atoms. The van der Waals surface area contributed by atoms with Crippen LogP contribution in [-0.2, 0) is 6.54 Å². The van der Waals surface area contributed by atoms with Crippen molar-refractivity contribution in [1.29, 1.82) is 0 Å². The number of halogens is 1. The Kier molecular flexibility index (Phi) is 3.72. The van der Waals surface area contributed by atoms with Crippen molar-refractivity contribution in [2.45, 2.75) is 13.5 Å². The summed E-state index contributed by atoms with van der Waals surface area (Å²) in [5.74, 6) is -0.809. The van der Waals surface area contributed by atoms with Gasteiger partial charge in [0.2, 0.25) is 0 Å². The molecule has 0 aliphatic heterocycles. The number of aromatic nitrogens is 1. The molecule has 0 bridgehead atoms. The molecule has 18 heavy (non-hydrogen) atoms. The van der Waals surface area contributed by atoms with Gasteiger partial charge >= 0.3 is 0 Å². The Labute approximate surface area is 109 Å². The van der Waals surface area contributed by atoms with Gasteiger partial charge in [-0.1, -0.05) is 12.1 Å². The smallest absolute Gasteiger partial charge is 0.256 e. The van der Waals surface area contributed by atoms with Gasteiger partial charge in [-0.15, -0.1) is 11.3 Å². The standard InChI is InChI=1S/C13H13FN2OS/c1-9-12(18-8-15-9)7-16(2)13(17)10-5-3-4-6-11(10)14/h3-6,8H,7H2,1-2H3. The van der Waals surface area contributed by atoms with Crippen LogP contribution >= 0.6 is 11.3 Å². The summed E-state index contributed by atoms with van der Waals surface area (Å²) in [6, 6.07) is 6.01. The molecule has 0 saturated carbocycles. The van der Waals surface area contributed by atoms with Gasteiger partial charge in [-0.3, -0.25) is 4.79 Å². The molecule has 0 saturated heterocycles. The summed E-state index contributed by atoms with van der Waals surface area (Å²) in [6.45, 7) is 2.34. The third kappa shape index (κ3) is 2.56. The molecule has 0 N–H and O–H groups in total. The van der Waals surface area contributed by atoms with Crippen molar-refractivity contribution in [3.63, 3.8) is 0 Å². The Morgan fingerprint density at radius 2 is 2.17 bits per heavy atom. The fourth-order valence-corrected chi connectivity index (χ4v) is 2.43. The molecule has 0 atom stereocenters. The monoisotopic (exact) mass is 264 g/mol. The van der Waals surface area contributed by atoms with E-state index in [0.29, 0.717) is 6.54 Å². The first-order chi connectivity index (χ1) is 8.59. The van der Waals surface area contributed by atoms with Crippen molar-refractivity contribution in [3.05, 3.63) is 51.7 Å². The van der Waals surface area contributed by atoms with Crippen molar-refractivity contribution < 1.29 is 9.18 Å². The van der Waals surface area contributed by atoms with Crippen molar-refractivity contribution in [2.75, 3.05) is 7.05 Å². The Morgan fingerprint density at radius 1 is 1.44 bits per heavy atom. The number of hydrogen-bond donors (Lipinski definition) is 0. The second-order valence-corrected chi connectivity index (χ2v) is 4.94. The first kappa shape index (κ1) is 12.7. The Balaban J connectivity index is 2.15. The predicted octanol–water partition coefficient (Wildman–Crippen LogP) is 2.86. The van der Waals surface area contributed by atoms with Crippen LogP contribution in [0.5, 0.6) is 0 Å². The molecule has 94 valence electrons. The number of carbonyl (C=O) groups excluding carboxylic acids is 1. The molecule has 1 aromatic carbocycles. The van der Waals surface area contributed by atoms with E-state index in [1.807, 2.05) is 6.92 Å². The van der Waals surface area contributed by atoms with Gasteiger partial charge in [0.25, 0.3) is 5.91 Å². The van der Waals surface area contributed by atoms with E-state index >= 15 is 0 Å².